The van der Waals surface area contributed by atoms with Gasteiger partial charge >= 0.3 is 0 Å². The molecule has 3 nitrogen and oxygen atoms in total. The summed E-state index contributed by atoms with van der Waals surface area (Å²) in [4.78, 5) is 2.19. The second kappa shape index (κ2) is 6.40. The molecule has 0 aliphatic carbocycles. The van der Waals surface area contributed by atoms with E-state index in [1.807, 2.05) is 0 Å². The Balaban J connectivity index is 3.53. The van der Waals surface area contributed by atoms with Crippen molar-refractivity contribution in [3.05, 3.63) is 0 Å². The monoisotopic (exact) mass is 173 g/mol. The van der Waals surface area contributed by atoms with Gasteiger partial charge in [0, 0.05) is 6.04 Å². The van der Waals surface area contributed by atoms with Gasteiger partial charge in [-0.2, -0.15) is 0 Å². The van der Waals surface area contributed by atoms with Crippen LogP contribution >= 0.6 is 0 Å². The van der Waals surface area contributed by atoms with Gasteiger partial charge in [0.25, 0.3) is 0 Å². The average molecular weight is 173 g/mol. The number of hydrazine groups is 1. The lowest BCUT2D eigenvalue weighted by molar-refractivity contribution is 0.332. The fraction of sp³-hybridized carbons (Fsp3) is 1.00. The van der Waals surface area contributed by atoms with E-state index in [-0.39, 0.29) is 0 Å². The molecule has 3 heteroatoms. The molecule has 0 aromatic rings. The fourth-order valence-electron chi connectivity index (χ4n) is 1.25. The van der Waals surface area contributed by atoms with Gasteiger partial charge in [0.1, 0.15) is 0 Å². The highest BCUT2D eigenvalue weighted by atomic mass is 15.2. The number of hydrogen-bond acceptors (Lipinski definition) is 3. The molecule has 12 heavy (non-hydrogen) atoms. The lowest BCUT2D eigenvalue weighted by Crippen LogP contribution is -2.38. The topological polar surface area (TPSA) is 41.3 Å². The Morgan fingerprint density at radius 1 is 1.33 bits per heavy atom. The van der Waals surface area contributed by atoms with Crippen molar-refractivity contribution in [1.29, 1.82) is 0 Å². The van der Waals surface area contributed by atoms with Gasteiger partial charge in [-0.15, -0.1) is 0 Å². The standard InChI is InChI=1S/C9H23N3/c1-8(2)7-9(11-10)5-6-12(3)4/h8-9,11H,5-7,10H2,1-4H3. The molecule has 0 aromatic heterocycles. The van der Waals surface area contributed by atoms with Crippen molar-refractivity contribution < 1.29 is 0 Å². The lowest BCUT2D eigenvalue weighted by Gasteiger charge is -2.19. The van der Waals surface area contributed by atoms with Crippen LogP contribution in [0.4, 0.5) is 0 Å². The van der Waals surface area contributed by atoms with Crippen LogP contribution in [-0.4, -0.2) is 31.6 Å². The Morgan fingerprint density at radius 2 is 1.92 bits per heavy atom. The number of rotatable bonds is 6. The molecule has 0 saturated heterocycles. The molecule has 1 unspecified atom stereocenters. The molecular weight excluding hydrogens is 150 g/mol. The molecule has 0 bridgehead atoms. The van der Waals surface area contributed by atoms with E-state index in [9.17, 15) is 0 Å². The molecule has 0 rings (SSSR count). The molecule has 0 amide bonds. The van der Waals surface area contributed by atoms with Crippen LogP contribution in [0.1, 0.15) is 26.7 Å². The van der Waals surface area contributed by atoms with Gasteiger partial charge in [0.15, 0.2) is 0 Å². The van der Waals surface area contributed by atoms with Crippen molar-refractivity contribution in [2.75, 3.05) is 20.6 Å². The van der Waals surface area contributed by atoms with Crippen LogP contribution in [0.2, 0.25) is 0 Å². The van der Waals surface area contributed by atoms with E-state index in [4.69, 9.17) is 5.84 Å². The molecule has 0 aliphatic heterocycles. The Morgan fingerprint density at radius 3 is 2.25 bits per heavy atom. The van der Waals surface area contributed by atoms with Crippen LogP contribution in [0.3, 0.4) is 0 Å². The third-order valence-electron chi connectivity index (χ3n) is 1.92. The van der Waals surface area contributed by atoms with Gasteiger partial charge in [-0.3, -0.25) is 11.3 Å². The van der Waals surface area contributed by atoms with Crippen LogP contribution in [0.5, 0.6) is 0 Å². The quantitative estimate of drug-likeness (QED) is 0.461. The summed E-state index contributed by atoms with van der Waals surface area (Å²) in [5.41, 5.74) is 2.86. The largest absolute Gasteiger partial charge is 0.309 e. The van der Waals surface area contributed by atoms with E-state index in [1.165, 1.54) is 0 Å². The van der Waals surface area contributed by atoms with Gasteiger partial charge in [-0.1, -0.05) is 13.8 Å². The Bertz CT molecular complexity index is 102. The summed E-state index contributed by atoms with van der Waals surface area (Å²) in [6.45, 7) is 5.54. The molecule has 0 radical (unpaired) electrons. The van der Waals surface area contributed by atoms with E-state index < -0.39 is 0 Å². The maximum atomic E-state index is 5.44. The molecular formula is C9H23N3. The molecule has 0 aliphatic rings. The normalized spacial score (nSPS) is 14.2. The van der Waals surface area contributed by atoms with Crippen molar-refractivity contribution in [1.82, 2.24) is 10.3 Å². The first kappa shape index (κ1) is 11.9. The highest BCUT2D eigenvalue weighted by molar-refractivity contribution is 4.66. The van der Waals surface area contributed by atoms with Crippen molar-refractivity contribution in [2.24, 2.45) is 11.8 Å². The molecule has 0 aromatic carbocycles. The summed E-state index contributed by atoms with van der Waals surface area (Å²) in [6, 6.07) is 0.465. The summed E-state index contributed by atoms with van der Waals surface area (Å²) in [7, 11) is 4.17. The minimum atomic E-state index is 0.465. The minimum Gasteiger partial charge on any atom is -0.309 e. The first-order chi connectivity index (χ1) is 5.56. The maximum absolute atomic E-state index is 5.44. The third kappa shape index (κ3) is 6.58. The van der Waals surface area contributed by atoms with Crippen LogP contribution in [0.25, 0.3) is 0 Å². The molecule has 3 N–H and O–H groups in total. The maximum Gasteiger partial charge on any atom is 0.0225 e. The molecule has 0 heterocycles. The summed E-state index contributed by atoms with van der Waals surface area (Å²) < 4.78 is 0. The van der Waals surface area contributed by atoms with Crippen molar-refractivity contribution in [2.45, 2.75) is 32.7 Å². The molecule has 74 valence electrons. The Hall–Kier alpha value is -0.120. The van der Waals surface area contributed by atoms with Crippen molar-refractivity contribution >= 4 is 0 Å². The zero-order valence-corrected chi connectivity index (χ0v) is 8.80. The third-order valence-corrected chi connectivity index (χ3v) is 1.92. The van der Waals surface area contributed by atoms with Crippen molar-refractivity contribution in [3.63, 3.8) is 0 Å². The van der Waals surface area contributed by atoms with E-state index in [0.717, 1.165) is 19.4 Å². The number of nitrogens with one attached hydrogen (secondary N) is 1. The Labute approximate surface area is 76.3 Å². The lowest BCUT2D eigenvalue weighted by atomic mass is 10.0. The molecule has 0 fully saturated rings. The summed E-state index contributed by atoms with van der Waals surface area (Å²) >= 11 is 0. The number of hydrogen-bond donors (Lipinski definition) is 2. The SMILES string of the molecule is CC(C)CC(CCN(C)C)NN. The van der Waals surface area contributed by atoms with Crippen LogP contribution in [0, 0.1) is 5.92 Å². The first-order valence-corrected chi connectivity index (χ1v) is 4.67. The van der Waals surface area contributed by atoms with Crippen LogP contribution in [0.15, 0.2) is 0 Å². The molecule has 0 saturated carbocycles. The zero-order valence-electron chi connectivity index (χ0n) is 8.80. The Kier molecular flexibility index (Phi) is 6.34. The minimum absolute atomic E-state index is 0.465. The molecule has 1 atom stereocenters. The smallest absolute Gasteiger partial charge is 0.0225 e. The molecule has 0 spiro atoms. The fourth-order valence-corrected chi connectivity index (χ4v) is 1.25. The number of nitrogens with two attached hydrogens (primary N) is 1. The van der Waals surface area contributed by atoms with E-state index in [2.05, 4.69) is 38.3 Å². The summed E-state index contributed by atoms with van der Waals surface area (Å²) in [5.74, 6) is 6.15. The van der Waals surface area contributed by atoms with Gasteiger partial charge in [0.2, 0.25) is 0 Å². The van der Waals surface area contributed by atoms with E-state index in [0.29, 0.717) is 12.0 Å². The zero-order chi connectivity index (χ0) is 9.56. The summed E-state index contributed by atoms with van der Waals surface area (Å²) in [5, 5.41) is 0. The van der Waals surface area contributed by atoms with Gasteiger partial charge in [-0.05, 0) is 39.4 Å². The van der Waals surface area contributed by atoms with Crippen LogP contribution in [-0.2, 0) is 0 Å². The van der Waals surface area contributed by atoms with Gasteiger partial charge < -0.3 is 4.90 Å². The first-order valence-electron chi connectivity index (χ1n) is 4.67. The average Bonchev–Trinajstić information content (AvgIpc) is 1.97. The predicted octanol–water partition coefficient (Wildman–Crippen LogP) is 0.816. The summed E-state index contributed by atoms with van der Waals surface area (Å²) in [6.07, 6.45) is 2.28. The second-order valence-corrected chi connectivity index (χ2v) is 4.09. The highest BCUT2D eigenvalue weighted by Gasteiger charge is 2.08. The second-order valence-electron chi connectivity index (χ2n) is 4.09. The predicted molar refractivity (Wildman–Crippen MR) is 53.7 cm³/mol. The highest BCUT2D eigenvalue weighted by Crippen LogP contribution is 2.06. The van der Waals surface area contributed by atoms with Gasteiger partial charge in [-0.25, -0.2) is 0 Å². The number of nitrogens with zero attached hydrogens (tertiary/aromatic N) is 1. The van der Waals surface area contributed by atoms with E-state index >= 15 is 0 Å². The van der Waals surface area contributed by atoms with Gasteiger partial charge in [0.05, 0.1) is 0 Å². The van der Waals surface area contributed by atoms with E-state index in [1.54, 1.807) is 0 Å². The van der Waals surface area contributed by atoms with Crippen LogP contribution < -0.4 is 11.3 Å². The van der Waals surface area contributed by atoms with Crippen molar-refractivity contribution in [3.8, 4) is 0 Å².